The van der Waals surface area contributed by atoms with Crippen LogP contribution in [0.4, 0.5) is 11.4 Å². The van der Waals surface area contributed by atoms with Crippen molar-refractivity contribution in [2.75, 3.05) is 25.0 Å². The van der Waals surface area contributed by atoms with Crippen LogP contribution >= 0.6 is 23.2 Å². The SMILES string of the molecule is CC(C)N1CCC(CNc2c(Cl)cc([N+](=O)[O-])cc2Cl)C1. The van der Waals surface area contributed by atoms with Gasteiger partial charge in [-0.3, -0.25) is 10.1 Å². The van der Waals surface area contributed by atoms with Crippen LogP contribution in [0, 0.1) is 16.0 Å². The normalized spacial score (nSPS) is 19.2. The van der Waals surface area contributed by atoms with E-state index >= 15 is 0 Å². The van der Waals surface area contributed by atoms with Crippen molar-refractivity contribution < 1.29 is 4.92 Å². The van der Waals surface area contributed by atoms with Crippen LogP contribution in [0.3, 0.4) is 0 Å². The van der Waals surface area contributed by atoms with Gasteiger partial charge in [0.25, 0.3) is 5.69 Å². The van der Waals surface area contributed by atoms with E-state index in [9.17, 15) is 10.1 Å². The van der Waals surface area contributed by atoms with Crippen LogP contribution in [-0.2, 0) is 0 Å². The van der Waals surface area contributed by atoms with Gasteiger partial charge in [-0.25, -0.2) is 0 Å². The molecular weight excluding hydrogens is 313 g/mol. The van der Waals surface area contributed by atoms with Crippen molar-refractivity contribution >= 4 is 34.6 Å². The molecule has 0 saturated carbocycles. The Bertz CT molecular complexity index is 514. The molecule has 0 radical (unpaired) electrons. The monoisotopic (exact) mass is 331 g/mol. The Hall–Kier alpha value is -1.04. The lowest BCUT2D eigenvalue weighted by molar-refractivity contribution is -0.384. The fourth-order valence-electron chi connectivity index (χ4n) is 2.58. The van der Waals surface area contributed by atoms with Gasteiger partial charge in [-0.15, -0.1) is 0 Å². The maximum absolute atomic E-state index is 10.7. The number of benzene rings is 1. The Morgan fingerprint density at radius 1 is 1.43 bits per heavy atom. The fraction of sp³-hybridized carbons (Fsp3) is 0.571. The summed E-state index contributed by atoms with van der Waals surface area (Å²) >= 11 is 12.2. The molecule has 1 N–H and O–H groups in total. The topological polar surface area (TPSA) is 58.4 Å². The Labute approximate surface area is 134 Å². The van der Waals surface area contributed by atoms with Gasteiger partial charge in [0.05, 0.1) is 20.7 Å². The molecule has 1 heterocycles. The van der Waals surface area contributed by atoms with Gasteiger partial charge in [0, 0.05) is 31.3 Å². The quantitative estimate of drug-likeness (QED) is 0.653. The molecule has 2 rings (SSSR count). The van der Waals surface area contributed by atoms with Crippen LogP contribution < -0.4 is 5.32 Å². The molecule has 0 amide bonds. The predicted octanol–water partition coefficient (Wildman–Crippen LogP) is 4.04. The van der Waals surface area contributed by atoms with Crippen molar-refractivity contribution in [3.8, 4) is 0 Å². The number of anilines is 1. The molecule has 1 atom stereocenters. The third-order valence-corrected chi connectivity index (χ3v) is 4.45. The van der Waals surface area contributed by atoms with E-state index in [1.165, 1.54) is 12.1 Å². The Balaban J connectivity index is 1.99. The second kappa shape index (κ2) is 6.81. The van der Waals surface area contributed by atoms with Gasteiger partial charge in [-0.2, -0.15) is 0 Å². The minimum absolute atomic E-state index is 0.0950. The third kappa shape index (κ3) is 3.99. The molecule has 5 nitrogen and oxygen atoms in total. The Morgan fingerprint density at radius 2 is 2.05 bits per heavy atom. The van der Waals surface area contributed by atoms with Crippen LogP contribution in [0.5, 0.6) is 0 Å². The first kappa shape index (κ1) is 16.3. The summed E-state index contributed by atoms with van der Waals surface area (Å²) in [4.78, 5) is 12.7. The Kier molecular flexibility index (Phi) is 5.30. The summed E-state index contributed by atoms with van der Waals surface area (Å²) in [6.07, 6.45) is 1.13. The van der Waals surface area contributed by atoms with Gasteiger partial charge < -0.3 is 10.2 Å². The second-order valence-electron chi connectivity index (χ2n) is 5.67. The highest BCUT2D eigenvalue weighted by Crippen LogP contribution is 2.35. The lowest BCUT2D eigenvalue weighted by Gasteiger charge is -2.20. The summed E-state index contributed by atoms with van der Waals surface area (Å²) in [6.45, 7) is 7.30. The predicted molar refractivity (Wildman–Crippen MR) is 86.4 cm³/mol. The molecule has 7 heteroatoms. The van der Waals surface area contributed by atoms with Gasteiger partial charge in [-0.05, 0) is 32.7 Å². The smallest absolute Gasteiger partial charge is 0.272 e. The van der Waals surface area contributed by atoms with Gasteiger partial charge >= 0.3 is 0 Å². The number of rotatable bonds is 5. The maximum Gasteiger partial charge on any atom is 0.272 e. The van der Waals surface area contributed by atoms with Gasteiger partial charge in [0.15, 0.2) is 0 Å². The third-order valence-electron chi connectivity index (χ3n) is 3.85. The molecule has 1 aromatic rings. The number of hydrogen-bond donors (Lipinski definition) is 1. The van der Waals surface area contributed by atoms with E-state index in [1.807, 2.05) is 0 Å². The lowest BCUT2D eigenvalue weighted by Crippen LogP contribution is -2.29. The average Bonchev–Trinajstić information content (AvgIpc) is 2.86. The maximum atomic E-state index is 10.7. The van der Waals surface area contributed by atoms with Crippen LogP contribution in [0.15, 0.2) is 12.1 Å². The van der Waals surface area contributed by atoms with Crippen LogP contribution in [0.1, 0.15) is 20.3 Å². The summed E-state index contributed by atoms with van der Waals surface area (Å²) in [5.41, 5.74) is 0.481. The molecule has 1 fully saturated rings. The van der Waals surface area contributed by atoms with Crippen molar-refractivity contribution in [1.29, 1.82) is 0 Å². The Morgan fingerprint density at radius 3 is 2.52 bits per heavy atom. The molecule has 0 bridgehead atoms. The summed E-state index contributed by atoms with van der Waals surface area (Å²) < 4.78 is 0. The van der Waals surface area contributed by atoms with Gasteiger partial charge in [-0.1, -0.05) is 23.2 Å². The van der Waals surface area contributed by atoms with E-state index in [1.54, 1.807) is 0 Å². The van der Waals surface area contributed by atoms with Crippen molar-refractivity contribution in [2.24, 2.45) is 5.92 Å². The number of nitrogens with zero attached hydrogens (tertiary/aromatic N) is 2. The lowest BCUT2D eigenvalue weighted by atomic mass is 10.1. The van der Waals surface area contributed by atoms with Crippen molar-refractivity contribution in [1.82, 2.24) is 4.90 Å². The molecule has 1 aliphatic rings. The number of nitro groups is 1. The van der Waals surface area contributed by atoms with Crippen LogP contribution in [0.2, 0.25) is 10.0 Å². The zero-order valence-electron chi connectivity index (χ0n) is 12.1. The van der Waals surface area contributed by atoms with Crippen molar-refractivity contribution in [3.05, 3.63) is 32.3 Å². The van der Waals surface area contributed by atoms with Gasteiger partial charge in [0.1, 0.15) is 0 Å². The molecule has 1 unspecified atom stereocenters. The standard InChI is InChI=1S/C14H19Cl2N3O2/c1-9(2)18-4-3-10(8-18)7-17-14-12(15)5-11(19(20)21)6-13(14)16/h5-6,9-10,17H,3-4,7-8H2,1-2H3. The molecule has 1 saturated heterocycles. The molecule has 1 aromatic carbocycles. The molecule has 0 spiro atoms. The van der Waals surface area contributed by atoms with E-state index < -0.39 is 4.92 Å². The van der Waals surface area contributed by atoms with E-state index in [0.29, 0.717) is 17.6 Å². The highest BCUT2D eigenvalue weighted by molar-refractivity contribution is 6.39. The minimum atomic E-state index is -0.501. The number of nitrogens with one attached hydrogen (secondary N) is 1. The highest BCUT2D eigenvalue weighted by Gasteiger charge is 2.24. The summed E-state index contributed by atoms with van der Waals surface area (Å²) in [6, 6.07) is 3.21. The molecule has 0 aliphatic carbocycles. The van der Waals surface area contributed by atoms with Crippen LogP contribution in [-0.4, -0.2) is 35.5 Å². The number of nitro benzene ring substituents is 1. The zero-order chi connectivity index (χ0) is 15.6. The molecule has 0 aromatic heterocycles. The number of likely N-dealkylation sites (tertiary alicyclic amines) is 1. The first-order chi connectivity index (χ1) is 9.88. The van der Waals surface area contributed by atoms with E-state index in [-0.39, 0.29) is 15.7 Å². The van der Waals surface area contributed by atoms with E-state index in [4.69, 9.17) is 23.2 Å². The zero-order valence-corrected chi connectivity index (χ0v) is 13.6. The number of hydrogen-bond acceptors (Lipinski definition) is 4. The average molecular weight is 332 g/mol. The molecular formula is C14H19Cl2N3O2. The van der Waals surface area contributed by atoms with Crippen molar-refractivity contribution in [2.45, 2.75) is 26.3 Å². The molecule has 1 aliphatic heterocycles. The van der Waals surface area contributed by atoms with E-state index in [0.717, 1.165) is 26.1 Å². The summed E-state index contributed by atoms with van der Waals surface area (Å²) in [7, 11) is 0. The summed E-state index contributed by atoms with van der Waals surface area (Å²) in [5.74, 6) is 0.537. The van der Waals surface area contributed by atoms with Crippen molar-refractivity contribution in [3.63, 3.8) is 0 Å². The summed E-state index contributed by atoms with van der Waals surface area (Å²) in [5, 5.41) is 14.6. The first-order valence-corrected chi connectivity index (χ1v) is 7.75. The van der Waals surface area contributed by atoms with E-state index in [2.05, 4.69) is 24.1 Å². The second-order valence-corrected chi connectivity index (χ2v) is 6.48. The largest absolute Gasteiger partial charge is 0.382 e. The van der Waals surface area contributed by atoms with Gasteiger partial charge in [0.2, 0.25) is 0 Å². The highest BCUT2D eigenvalue weighted by atomic mass is 35.5. The first-order valence-electron chi connectivity index (χ1n) is 7.00. The number of halogens is 2. The minimum Gasteiger partial charge on any atom is -0.382 e. The van der Waals surface area contributed by atoms with Crippen LogP contribution in [0.25, 0.3) is 0 Å². The number of non-ortho nitro benzene ring substituents is 1. The molecule has 116 valence electrons. The fourth-order valence-corrected chi connectivity index (χ4v) is 3.19. The molecule has 21 heavy (non-hydrogen) atoms.